The number of esters is 1. The number of ether oxygens (including phenoxy) is 3. The van der Waals surface area contributed by atoms with E-state index in [9.17, 15) is 24.9 Å². The second-order valence-corrected chi connectivity index (χ2v) is 11.0. The highest BCUT2D eigenvalue weighted by molar-refractivity contribution is 5.95. The lowest BCUT2D eigenvalue weighted by atomic mass is 9.90. The third-order valence-corrected chi connectivity index (χ3v) is 7.49. The first-order chi connectivity index (χ1) is 20.5. The second-order valence-electron chi connectivity index (χ2n) is 11.0. The predicted molar refractivity (Wildman–Crippen MR) is 160 cm³/mol. The summed E-state index contributed by atoms with van der Waals surface area (Å²) in [7, 11) is 1.90. The Morgan fingerprint density at radius 3 is 2.42 bits per heavy atom. The van der Waals surface area contributed by atoms with Crippen molar-refractivity contribution in [2.24, 2.45) is 5.92 Å². The van der Waals surface area contributed by atoms with Gasteiger partial charge in [0, 0.05) is 37.2 Å². The third kappa shape index (κ3) is 8.62. The van der Waals surface area contributed by atoms with Gasteiger partial charge in [0.05, 0.1) is 24.9 Å². The van der Waals surface area contributed by atoms with Gasteiger partial charge in [0.15, 0.2) is 12.4 Å². The topological polar surface area (TPSA) is 138 Å². The number of aliphatic hydroxyl groups is 2. The summed E-state index contributed by atoms with van der Waals surface area (Å²) in [5.74, 6) is -0.988. The van der Waals surface area contributed by atoms with Crippen molar-refractivity contribution in [1.82, 2.24) is 4.90 Å². The number of phenolic OH excluding ortho intramolecular Hbond substituents is 1. The van der Waals surface area contributed by atoms with E-state index in [1.807, 2.05) is 42.3 Å². The van der Waals surface area contributed by atoms with E-state index in [2.05, 4.69) is 12.2 Å². The van der Waals surface area contributed by atoms with Gasteiger partial charge < -0.3 is 39.7 Å². The molecule has 3 aromatic rings. The van der Waals surface area contributed by atoms with Crippen LogP contribution < -0.4 is 5.32 Å². The molecule has 1 saturated heterocycles. The normalized spacial score (nSPS) is 21.7. The Bertz CT molecular complexity index is 1380. The number of hydrogen-bond donors (Lipinski definition) is 4. The number of anilines is 1. The van der Waals surface area contributed by atoms with Crippen LogP contribution in [0.3, 0.4) is 0 Å². The molecule has 6 atom stereocenters. The molecule has 1 aliphatic rings. The number of nitrogens with zero attached hydrogens (tertiary/aromatic N) is 1. The molecule has 1 heterocycles. The molecular formula is C33H40N2O8. The van der Waals surface area contributed by atoms with Crippen LogP contribution in [-0.4, -0.2) is 64.4 Å². The van der Waals surface area contributed by atoms with Crippen molar-refractivity contribution in [2.45, 2.75) is 58.1 Å². The van der Waals surface area contributed by atoms with Gasteiger partial charge in [-0.05, 0) is 54.9 Å². The lowest BCUT2D eigenvalue weighted by Gasteiger charge is -2.42. The van der Waals surface area contributed by atoms with Gasteiger partial charge in [-0.15, -0.1) is 0 Å². The molecule has 10 heteroatoms. The fourth-order valence-corrected chi connectivity index (χ4v) is 5.15. The Hall–Kier alpha value is -3.80. The lowest BCUT2D eigenvalue weighted by Crippen LogP contribution is -2.44. The van der Waals surface area contributed by atoms with Crippen LogP contribution in [0.4, 0.5) is 5.69 Å². The van der Waals surface area contributed by atoms with Gasteiger partial charge in [-0.25, -0.2) is 0 Å². The van der Waals surface area contributed by atoms with Crippen LogP contribution in [0, 0.1) is 5.92 Å². The van der Waals surface area contributed by atoms with Crippen LogP contribution in [0.15, 0.2) is 72.8 Å². The highest BCUT2D eigenvalue weighted by Crippen LogP contribution is 2.42. The van der Waals surface area contributed by atoms with Crippen LogP contribution >= 0.6 is 0 Å². The smallest absolute Gasteiger partial charge is 0.303 e. The molecule has 0 aliphatic carbocycles. The van der Waals surface area contributed by atoms with E-state index < -0.39 is 30.4 Å². The quantitative estimate of drug-likeness (QED) is 0.241. The minimum absolute atomic E-state index is 0.0589. The third-order valence-electron chi connectivity index (χ3n) is 7.49. The fraction of sp³-hybridized carbons (Fsp3) is 0.394. The SMILES string of the molecule is CC(=O)O[C@@H](C)C(=O)Nc1cccc(C2O[C@H](CN(C)C[C@@H](O)c3cccc(O)c3)[C@H](C)[C@H](c3ccc(CO)cc3)O2)c1. The number of rotatable bonds is 11. The summed E-state index contributed by atoms with van der Waals surface area (Å²) in [6.07, 6.45) is -3.17. The average Bonchev–Trinajstić information content (AvgIpc) is 2.98. The zero-order chi connectivity index (χ0) is 31.1. The van der Waals surface area contributed by atoms with E-state index in [0.717, 1.165) is 11.1 Å². The zero-order valence-electron chi connectivity index (χ0n) is 24.8. The molecule has 1 amide bonds. The van der Waals surface area contributed by atoms with Crippen LogP contribution in [-0.2, 0) is 30.4 Å². The monoisotopic (exact) mass is 592 g/mol. The maximum Gasteiger partial charge on any atom is 0.303 e. The van der Waals surface area contributed by atoms with Crippen LogP contribution in [0.1, 0.15) is 61.5 Å². The molecule has 0 bridgehead atoms. The number of aliphatic hydroxyl groups excluding tert-OH is 2. The van der Waals surface area contributed by atoms with E-state index >= 15 is 0 Å². The number of carbonyl (C=O) groups excluding carboxylic acids is 2. The molecule has 0 aromatic heterocycles. The number of amides is 1. The second kappa shape index (κ2) is 14.6. The summed E-state index contributed by atoms with van der Waals surface area (Å²) in [4.78, 5) is 25.8. The molecule has 1 aliphatic heterocycles. The molecule has 43 heavy (non-hydrogen) atoms. The van der Waals surface area contributed by atoms with Gasteiger partial charge in [0.25, 0.3) is 5.91 Å². The molecule has 3 aromatic carbocycles. The highest BCUT2D eigenvalue weighted by Gasteiger charge is 2.39. The predicted octanol–water partition coefficient (Wildman–Crippen LogP) is 4.23. The van der Waals surface area contributed by atoms with Gasteiger partial charge >= 0.3 is 5.97 Å². The molecule has 1 unspecified atom stereocenters. The Morgan fingerprint density at radius 2 is 1.74 bits per heavy atom. The van der Waals surface area contributed by atoms with E-state index in [-0.39, 0.29) is 30.5 Å². The summed E-state index contributed by atoms with van der Waals surface area (Å²) in [6, 6.07) is 21.3. The van der Waals surface area contributed by atoms with Crippen molar-refractivity contribution in [1.29, 1.82) is 0 Å². The Morgan fingerprint density at radius 1 is 1.02 bits per heavy atom. The van der Waals surface area contributed by atoms with Gasteiger partial charge in [-0.2, -0.15) is 0 Å². The first-order valence-electron chi connectivity index (χ1n) is 14.3. The van der Waals surface area contributed by atoms with Crippen LogP contribution in [0.5, 0.6) is 5.75 Å². The number of likely N-dealkylation sites (N-methyl/N-ethyl adjacent to an activating group) is 1. The number of phenols is 1. The molecule has 1 fully saturated rings. The first kappa shape index (κ1) is 32.1. The van der Waals surface area contributed by atoms with E-state index in [1.165, 1.54) is 13.8 Å². The molecular weight excluding hydrogens is 552 g/mol. The maximum atomic E-state index is 12.5. The summed E-state index contributed by atoms with van der Waals surface area (Å²) < 4.78 is 18.0. The van der Waals surface area contributed by atoms with Crippen molar-refractivity contribution in [2.75, 3.05) is 25.5 Å². The average molecular weight is 593 g/mol. The number of aromatic hydroxyl groups is 1. The standard InChI is InChI=1S/C33H40N2O8/c1-20-30(18-35(4)17-29(39)25-7-6-10-28(38)16-25)42-33(43-31(20)24-13-11-23(19-36)12-14-24)26-8-5-9-27(15-26)34-32(40)21(2)41-22(3)37/h5-16,20-21,29-31,33,36,38-39H,17-19H2,1-4H3,(H,34,40)/t20-,21-,29+,30+,31+,33?/m0/s1. The molecule has 0 radical (unpaired) electrons. The number of hydrogen-bond acceptors (Lipinski definition) is 9. The number of nitrogens with one attached hydrogen (secondary N) is 1. The van der Waals surface area contributed by atoms with Gasteiger partial charge in [-0.3, -0.25) is 9.59 Å². The fourth-order valence-electron chi connectivity index (χ4n) is 5.15. The van der Waals surface area contributed by atoms with Crippen molar-refractivity contribution in [3.05, 3.63) is 95.1 Å². The minimum atomic E-state index is -0.953. The van der Waals surface area contributed by atoms with Crippen molar-refractivity contribution >= 4 is 17.6 Å². The molecule has 4 rings (SSSR count). The highest BCUT2D eigenvalue weighted by atomic mass is 16.7. The van der Waals surface area contributed by atoms with E-state index in [4.69, 9.17) is 14.2 Å². The molecule has 10 nitrogen and oxygen atoms in total. The molecule has 4 N–H and O–H groups in total. The number of carbonyl (C=O) groups is 2. The van der Waals surface area contributed by atoms with Gasteiger partial charge in [-0.1, -0.05) is 55.5 Å². The zero-order valence-corrected chi connectivity index (χ0v) is 24.8. The largest absolute Gasteiger partial charge is 0.508 e. The van der Waals surface area contributed by atoms with Crippen molar-refractivity contribution in [3.63, 3.8) is 0 Å². The summed E-state index contributed by atoms with van der Waals surface area (Å²) in [6.45, 7) is 5.55. The Labute approximate surface area is 251 Å². The molecule has 0 saturated carbocycles. The lowest BCUT2D eigenvalue weighted by molar-refractivity contribution is -0.276. The van der Waals surface area contributed by atoms with Crippen LogP contribution in [0.25, 0.3) is 0 Å². The van der Waals surface area contributed by atoms with E-state index in [1.54, 1.807) is 42.5 Å². The minimum Gasteiger partial charge on any atom is -0.508 e. The summed E-state index contributed by atoms with van der Waals surface area (Å²) in [5, 5.41) is 32.9. The Balaban J connectivity index is 1.54. The van der Waals surface area contributed by atoms with Gasteiger partial charge in [0.1, 0.15) is 5.75 Å². The van der Waals surface area contributed by atoms with Crippen molar-refractivity contribution in [3.8, 4) is 5.75 Å². The first-order valence-corrected chi connectivity index (χ1v) is 14.3. The Kier molecular flexibility index (Phi) is 10.9. The van der Waals surface area contributed by atoms with Crippen LogP contribution in [0.2, 0.25) is 0 Å². The molecule has 230 valence electrons. The number of benzene rings is 3. The summed E-state index contributed by atoms with van der Waals surface area (Å²) >= 11 is 0. The maximum absolute atomic E-state index is 12.5. The van der Waals surface area contributed by atoms with E-state index in [0.29, 0.717) is 29.9 Å². The van der Waals surface area contributed by atoms with Crippen molar-refractivity contribution < 1.29 is 39.1 Å². The van der Waals surface area contributed by atoms with Gasteiger partial charge in [0.2, 0.25) is 0 Å². The molecule has 0 spiro atoms. The summed E-state index contributed by atoms with van der Waals surface area (Å²) in [5.41, 5.74) is 3.54.